The van der Waals surface area contributed by atoms with Crippen molar-refractivity contribution in [2.24, 2.45) is 11.7 Å². The molecule has 4 heteroatoms. The standard InChI is InChI=1S/C14H26BrN3/c1-5-10(6-2)11(16)9-13-14(15)12(7-3)17-18(13)8-4/h10-11H,5-9,16H2,1-4H3. The Hall–Kier alpha value is -0.350. The summed E-state index contributed by atoms with van der Waals surface area (Å²) in [6.45, 7) is 9.61. The number of nitrogens with zero attached hydrogens (tertiary/aromatic N) is 2. The summed E-state index contributed by atoms with van der Waals surface area (Å²) in [6, 6.07) is 0.225. The van der Waals surface area contributed by atoms with Crippen molar-refractivity contribution in [2.75, 3.05) is 0 Å². The summed E-state index contributed by atoms with van der Waals surface area (Å²) in [5, 5.41) is 4.62. The summed E-state index contributed by atoms with van der Waals surface area (Å²) in [6.07, 6.45) is 4.17. The van der Waals surface area contributed by atoms with Crippen molar-refractivity contribution in [3.63, 3.8) is 0 Å². The number of rotatable bonds is 7. The molecule has 3 nitrogen and oxygen atoms in total. The third kappa shape index (κ3) is 3.35. The van der Waals surface area contributed by atoms with E-state index in [9.17, 15) is 0 Å². The first-order valence-corrected chi connectivity index (χ1v) is 7.87. The van der Waals surface area contributed by atoms with Gasteiger partial charge >= 0.3 is 0 Å². The molecule has 2 N–H and O–H groups in total. The lowest BCUT2D eigenvalue weighted by atomic mass is 9.91. The Kier molecular flexibility index (Phi) is 6.36. The predicted octanol–water partition coefficient (Wildman–Crippen LogP) is 3.53. The van der Waals surface area contributed by atoms with Gasteiger partial charge in [-0.3, -0.25) is 4.68 Å². The molecule has 1 unspecified atom stereocenters. The highest BCUT2D eigenvalue weighted by Gasteiger charge is 2.20. The average molecular weight is 316 g/mol. The van der Waals surface area contributed by atoms with Crippen molar-refractivity contribution in [3.8, 4) is 0 Å². The summed E-state index contributed by atoms with van der Waals surface area (Å²) >= 11 is 3.69. The predicted molar refractivity (Wildman–Crippen MR) is 80.7 cm³/mol. The van der Waals surface area contributed by atoms with Crippen LogP contribution in [-0.2, 0) is 19.4 Å². The van der Waals surface area contributed by atoms with E-state index in [1.807, 2.05) is 0 Å². The average Bonchev–Trinajstić information content (AvgIpc) is 2.68. The highest BCUT2D eigenvalue weighted by molar-refractivity contribution is 9.10. The van der Waals surface area contributed by atoms with Gasteiger partial charge < -0.3 is 5.73 Å². The molecule has 0 saturated heterocycles. The number of nitrogens with two attached hydrogens (primary N) is 1. The van der Waals surface area contributed by atoms with E-state index in [1.54, 1.807) is 0 Å². The van der Waals surface area contributed by atoms with Gasteiger partial charge in [0.05, 0.1) is 15.9 Å². The highest BCUT2D eigenvalue weighted by Crippen LogP contribution is 2.25. The maximum atomic E-state index is 6.35. The van der Waals surface area contributed by atoms with Gasteiger partial charge in [-0.2, -0.15) is 5.10 Å². The fourth-order valence-corrected chi connectivity index (χ4v) is 3.22. The second-order valence-corrected chi connectivity index (χ2v) is 5.61. The van der Waals surface area contributed by atoms with Crippen LogP contribution in [0.1, 0.15) is 51.9 Å². The maximum absolute atomic E-state index is 6.35. The zero-order chi connectivity index (χ0) is 13.7. The summed E-state index contributed by atoms with van der Waals surface area (Å²) in [4.78, 5) is 0. The molecular formula is C14H26BrN3. The molecule has 0 aliphatic carbocycles. The lowest BCUT2D eigenvalue weighted by Gasteiger charge is -2.21. The van der Waals surface area contributed by atoms with Crippen LogP contribution < -0.4 is 5.73 Å². The van der Waals surface area contributed by atoms with Crippen LogP contribution in [0.3, 0.4) is 0 Å². The molecule has 1 heterocycles. The van der Waals surface area contributed by atoms with Gasteiger partial charge in [0.2, 0.25) is 0 Å². The van der Waals surface area contributed by atoms with Crippen LogP contribution in [0, 0.1) is 5.92 Å². The van der Waals surface area contributed by atoms with Gasteiger partial charge in [0.25, 0.3) is 0 Å². The van der Waals surface area contributed by atoms with Crippen molar-refractivity contribution >= 4 is 15.9 Å². The molecule has 1 aromatic rings. The van der Waals surface area contributed by atoms with Crippen LogP contribution in [0.5, 0.6) is 0 Å². The van der Waals surface area contributed by atoms with Crippen LogP contribution in [0.15, 0.2) is 4.47 Å². The molecule has 0 amide bonds. The van der Waals surface area contributed by atoms with Gasteiger partial charge in [0.1, 0.15) is 0 Å². The zero-order valence-electron chi connectivity index (χ0n) is 12.0. The molecule has 0 radical (unpaired) electrons. The molecular weight excluding hydrogens is 290 g/mol. The molecule has 1 aromatic heterocycles. The minimum absolute atomic E-state index is 0.225. The largest absolute Gasteiger partial charge is 0.327 e. The Labute approximate surface area is 119 Å². The second-order valence-electron chi connectivity index (χ2n) is 4.82. The topological polar surface area (TPSA) is 43.8 Å². The summed E-state index contributed by atoms with van der Waals surface area (Å²) in [7, 11) is 0. The Morgan fingerprint density at radius 1 is 1.22 bits per heavy atom. The molecule has 1 atom stereocenters. The molecule has 0 spiro atoms. The highest BCUT2D eigenvalue weighted by atomic mass is 79.9. The van der Waals surface area contributed by atoms with E-state index in [0.29, 0.717) is 5.92 Å². The number of hydrogen-bond donors (Lipinski definition) is 1. The minimum atomic E-state index is 0.225. The Bertz CT molecular complexity index is 369. The quantitative estimate of drug-likeness (QED) is 0.836. The second kappa shape index (κ2) is 7.29. The van der Waals surface area contributed by atoms with E-state index in [1.165, 1.54) is 5.69 Å². The first-order valence-electron chi connectivity index (χ1n) is 7.08. The monoisotopic (exact) mass is 315 g/mol. The molecule has 18 heavy (non-hydrogen) atoms. The van der Waals surface area contributed by atoms with Gasteiger partial charge in [0.15, 0.2) is 0 Å². The molecule has 0 aromatic carbocycles. The van der Waals surface area contributed by atoms with E-state index >= 15 is 0 Å². The summed E-state index contributed by atoms with van der Waals surface area (Å²) < 4.78 is 3.25. The van der Waals surface area contributed by atoms with Gasteiger partial charge in [-0.05, 0) is 35.2 Å². The fraction of sp³-hybridized carbons (Fsp3) is 0.786. The lowest BCUT2D eigenvalue weighted by Crippen LogP contribution is -2.32. The summed E-state index contributed by atoms with van der Waals surface area (Å²) in [5.41, 5.74) is 8.75. The first kappa shape index (κ1) is 15.7. The molecule has 0 fully saturated rings. The van der Waals surface area contributed by atoms with Gasteiger partial charge in [0, 0.05) is 19.0 Å². The third-order valence-electron chi connectivity index (χ3n) is 3.78. The van der Waals surface area contributed by atoms with Crippen molar-refractivity contribution in [1.29, 1.82) is 0 Å². The molecule has 1 rings (SSSR count). The molecule has 104 valence electrons. The van der Waals surface area contributed by atoms with E-state index in [2.05, 4.69) is 53.4 Å². The fourth-order valence-electron chi connectivity index (χ4n) is 2.50. The van der Waals surface area contributed by atoms with Gasteiger partial charge in [-0.1, -0.05) is 33.6 Å². The number of aromatic nitrogens is 2. The van der Waals surface area contributed by atoms with E-state index in [4.69, 9.17) is 5.73 Å². The van der Waals surface area contributed by atoms with Crippen LogP contribution in [0.4, 0.5) is 0 Å². The number of aryl methyl sites for hydroxylation is 2. The van der Waals surface area contributed by atoms with Crippen LogP contribution in [0.25, 0.3) is 0 Å². The number of hydrogen-bond acceptors (Lipinski definition) is 2. The van der Waals surface area contributed by atoms with Crippen molar-refractivity contribution in [2.45, 2.75) is 66.0 Å². The molecule has 0 bridgehead atoms. The Balaban J connectivity index is 2.92. The van der Waals surface area contributed by atoms with E-state index in [0.717, 1.165) is 42.4 Å². The van der Waals surface area contributed by atoms with Crippen LogP contribution in [0.2, 0.25) is 0 Å². The Morgan fingerprint density at radius 2 is 1.83 bits per heavy atom. The maximum Gasteiger partial charge on any atom is 0.0766 e. The third-order valence-corrected chi connectivity index (χ3v) is 4.69. The molecule has 0 saturated carbocycles. The van der Waals surface area contributed by atoms with Crippen molar-refractivity contribution in [3.05, 3.63) is 15.9 Å². The molecule has 0 aliphatic rings. The smallest absolute Gasteiger partial charge is 0.0766 e. The van der Waals surface area contributed by atoms with Crippen LogP contribution in [-0.4, -0.2) is 15.8 Å². The zero-order valence-corrected chi connectivity index (χ0v) is 13.6. The van der Waals surface area contributed by atoms with Gasteiger partial charge in [-0.25, -0.2) is 0 Å². The normalized spacial score (nSPS) is 13.3. The molecule has 0 aliphatic heterocycles. The summed E-state index contributed by atoms with van der Waals surface area (Å²) in [5.74, 6) is 0.599. The van der Waals surface area contributed by atoms with Crippen LogP contribution >= 0.6 is 15.9 Å². The minimum Gasteiger partial charge on any atom is -0.327 e. The van der Waals surface area contributed by atoms with Crippen molar-refractivity contribution < 1.29 is 0 Å². The lowest BCUT2D eigenvalue weighted by molar-refractivity contribution is 0.385. The van der Waals surface area contributed by atoms with E-state index in [-0.39, 0.29) is 6.04 Å². The van der Waals surface area contributed by atoms with E-state index < -0.39 is 0 Å². The SMILES string of the molecule is CCc1nn(CC)c(CC(N)C(CC)CC)c1Br. The first-order chi connectivity index (χ1) is 8.58. The Morgan fingerprint density at radius 3 is 2.28 bits per heavy atom. The number of halogens is 1. The van der Waals surface area contributed by atoms with Gasteiger partial charge in [-0.15, -0.1) is 0 Å². The van der Waals surface area contributed by atoms with Crippen molar-refractivity contribution in [1.82, 2.24) is 9.78 Å².